The molecule has 0 amide bonds. The number of Topliss-reactive ketones (excluding diaryl/α,β-unsaturated/α-hetero) is 1. The Hall–Kier alpha value is -2.18. The highest BCUT2D eigenvalue weighted by Crippen LogP contribution is 2.52. The first-order valence-corrected chi connectivity index (χ1v) is 8.92. The van der Waals surface area contributed by atoms with Crippen LogP contribution >= 0.6 is 11.6 Å². The standard InChI is InChI=1S/C19H19ClFN3O2/c1-9(25)14-13(22)3-2-11(17(14)21)12-7-23-18-15(16(12)20)19(8-24-18)5-4-10(26)6-19/h2-3,7,10,26H,4-6,8,22H2,1H3,(H,23,24)/t10-,19-/m0/s1. The van der Waals surface area contributed by atoms with Gasteiger partial charge in [0.1, 0.15) is 11.6 Å². The van der Waals surface area contributed by atoms with Crippen LogP contribution in [0.5, 0.6) is 0 Å². The maximum absolute atomic E-state index is 15.0. The fourth-order valence-corrected chi connectivity index (χ4v) is 4.72. The molecule has 0 saturated heterocycles. The van der Waals surface area contributed by atoms with Crippen LogP contribution in [0.1, 0.15) is 42.1 Å². The summed E-state index contributed by atoms with van der Waals surface area (Å²) in [6, 6.07) is 3.02. The lowest BCUT2D eigenvalue weighted by atomic mass is 9.80. The maximum atomic E-state index is 15.0. The summed E-state index contributed by atoms with van der Waals surface area (Å²) in [6.07, 6.45) is 3.23. The number of nitrogens with one attached hydrogen (secondary N) is 1. The van der Waals surface area contributed by atoms with Crippen LogP contribution in [0.4, 0.5) is 15.9 Å². The molecule has 2 atom stereocenters. The topological polar surface area (TPSA) is 88.2 Å². The van der Waals surface area contributed by atoms with Gasteiger partial charge in [-0.1, -0.05) is 11.6 Å². The zero-order chi connectivity index (χ0) is 18.6. The van der Waals surface area contributed by atoms with Crippen molar-refractivity contribution in [2.24, 2.45) is 0 Å². The minimum Gasteiger partial charge on any atom is -0.398 e. The first-order chi connectivity index (χ1) is 12.3. The number of benzene rings is 1. The van der Waals surface area contributed by atoms with E-state index in [1.165, 1.54) is 25.3 Å². The van der Waals surface area contributed by atoms with Crippen molar-refractivity contribution < 1.29 is 14.3 Å². The molecular formula is C19H19ClFN3O2. The van der Waals surface area contributed by atoms with E-state index in [2.05, 4.69) is 10.3 Å². The van der Waals surface area contributed by atoms with Crippen molar-refractivity contribution in [1.82, 2.24) is 4.98 Å². The minimum absolute atomic E-state index is 0.0982. The third-order valence-corrected chi connectivity index (χ3v) is 5.93. The van der Waals surface area contributed by atoms with Crippen molar-refractivity contribution in [1.29, 1.82) is 0 Å². The fraction of sp³-hybridized carbons (Fsp3) is 0.368. The number of aliphatic hydroxyl groups is 1. The van der Waals surface area contributed by atoms with Crippen LogP contribution < -0.4 is 11.1 Å². The number of nitrogens with zero attached hydrogens (tertiary/aromatic N) is 1. The molecule has 0 bridgehead atoms. The largest absolute Gasteiger partial charge is 0.398 e. The molecule has 1 aliphatic heterocycles. The molecule has 1 saturated carbocycles. The Morgan fingerprint density at radius 2 is 2.23 bits per heavy atom. The van der Waals surface area contributed by atoms with Gasteiger partial charge in [-0.3, -0.25) is 4.79 Å². The number of ketones is 1. The summed E-state index contributed by atoms with van der Waals surface area (Å²) in [5.74, 6) is -0.452. The summed E-state index contributed by atoms with van der Waals surface area (Å²) >= 11 is 6.71. The number of rotatable bonds is 2. The van der Waals surface area contributed by atoms with Gasteiger partial charge in [-0.25, -0.2) is 9.37 Å². The predicted octanol–water partition coefficient (Wildman–Crippen LogP) is 3.53. The van der Waals surface area contributed by atoms with Crippen molar-refractivity contribution in [2.45, 2.75) is 37.7 Å². The Balaban J connectivity index is 1.90. The van der Waals surface area contributed by atoms with Crippen LogP contribution in [0.25, 0.3) is 11.1 Å². The number of carbonyl (C=O) groups is 1. The summed E-state index contributed by atoms with van der Waals surface area (Å²) in [7, 11) is 0. The van der Waals surface area contributed by atoms with Crippen LogP contribution in [0.3, 0.4) is 0 Å². The molecule has 2 aliphatic rings. The van der Waals surface area contributed by atoms with Gasteiger partial charge in [0.25, 0.3) is 0 Å². The van der Waals surface area contributed by atoms with Crippen LogP contribution in [0.2, 0.25) is 5.02 Å². The summed E-state index contributed by atoms with van der Waals surface area (Å²) in [4.78, 5) is 16.2. The van der Waals surface area contributed by atoms with Crippen LogP contribution in [0.15, 0.2) is 18.3 Å². The van der Waals surface area contributed by atoms with Crippen molar-refractivity contribution in [3.05, 3.63) is 40.3 Å². The second kappa shape index (κ2) is 5.93. The van der Waals surface area contributed by atoms with Crippen LogP contribution in [0, 0.1) is 5.82 Å². The normalized spacial score (nSPS) is 23.9. The first kappa shape index (κ1) is 17.2. The predicted molar refractivity (Wildman–Crippen MR) is 99.1 cm³/mol. The highest BCUT2D eigenvalue weighted by molar-refractivity contribution is 6.34. The number of hydrogen-bond donors (Lipinski definition) is 3. The third kappa shape index (κ3) is 2.40. The Morgan fingerprint density at radius 3 is 2.88 bits per heavy atom. The number of nitrogens with two attached hydrogens (primary N) is 1. The van der Waals surface area contributed by atoms with E-state index in [-0.39, 0.29) is 28.3 Å². The van der Waals surface area contributed by atoms with Gasteiger partial charge < -0.3 is 16.2 Å². The second-order valence-corrected chi connectivity index (χ2v) is 7.57. The van der Waals surface area contributed by atoms with Gasteiger partial charge in [0.2, 0.25) is 0 Å². The molecule has 5 nitrogen and oxygen atoms in total. The van der Waals surface area contributed by atoms with E-state index >= 15 is 0 Å². The molecule has 0 radical (unpaired) electrons. The smallest absolute Gasteiger partial charge is 0.164 e. The van der Waals surface area contributed by atoms with Crippen LogP contribution in [-0.4, -0.2) is 28.5 Å². The lowest BCUT2D eigenvalue weighted by Gasteiger charge is -2.24. The van der Waals surface area contributed by atoms with E-state index in [4.69, 9.17) is 17.3 Å². The van der Waals surface area contributed by atoms with E-state index in [0.717, 1.165) is 12.0 Å². The monoisotopic (exact) mass is 375 g/mol. The lowest BCUT2D eigenvalue weighted by molar-refractivity contribution is 0.101. The molecule has 4 rings (SSSR count). The number of anilines is 2. The molecule has 2 aromatic rings. The molecule has 1 spiro atoms. The van der Waals surface area contributed by atoms with E-state index in [1.54, 1.807) is 0 Å². The molecule has 4 N–H and O–H groups in total. The van der Waals surface area contributed by atoms with E-state index in [1.807, 2.05) is 0 Å². The average molecular weight is 376 g/mol. The number of pyridine rings is 1. The first-order valence-electron chi connectivity index (χ1n) is 8.54. The van der Waals surface area contributed by atoms with Gasteiger partial charge in [-0.15, -0.1) is 0 Å². The molecule has 136 valence electrons. The molecule has 1 aliphatic carbocycles. The Kier molecular flexibility index (Phi) is 3.93. The third-order valence-electron chi connectivity index (χ3n) is 5.54. The summed E-state index contributed by atoms with van der Waals surface area (Å²) in [5.41, 5.74) is 6.89. The molecule has 7 heteroatoms. The van der Waals surface area contributed by atoms with Crippen molar-refractivity contribution in [3.63, 3.8) is 0 Å². The number of aromatic nitrogens is 1. The summed E-state index contributed by atoms with van der Waals surface area (Å²) < 4.78 is 15.0. The Morgan fingerprint density at radius 1 is 1.46 bits per heavy atom. The molecule has 1 aromatic heterocycles. The SMILES string of the molecule is CC(=O)c1c(N)ccc(-c2cnc3c(c2Cl)[C@]2(CC[C@H](O)C2)CN3)c1F. The van der Waals surface area contributed by atoms with Gasteiger partial charge in [-0.2, -0.15) is 0 Å². The van der Waals surface area contributed by atoms with Crippen molar-refractivity contribution in [2.75, 3.05) is 17.6 Å². The lowest BCUT2D eigenvalue weighted by Crippen LogP contribution is -2.26. The van der Waals surface area contributed by atoms with Gasteiger partial charge in [-0.05, 0) is 38.3 Å². The molecule has 1 aromatic carbocycles. The fourth-order valence-electron chi connectivity index (χ4n) is 4.28. The molecular weight excluding hydrogens is 357 g/mol. The van der Waals surface area contributed by atoms with Gasteiger partial charge in [0.05, 0.1) is 16.7 Å². The van der Waals surface area contributed by atoms with Gasteiger partial charge in [0, 0.05) is 40.5 Å². The Bertz CT molecular complexity index is 929. The van der Waals surface area contributed by atoms with Crippen molar-refractivity contribution in [3.8, 4) is 11.1 Å². The Labute approximate surface area is 155 Å². The van der Waals surface area contributed by atoms with E-state index in [9.17, 15) is 14.3 Å². The van der Waals surface area contributed by atoms with Crippen molar-refractivity contribution >= 4 is 28.9 Å². The number of hydrogen-bond acceptors (Lipinski definition) is 5. The summed E-state index contributed by atoms with van der Waals surface area (Å²) in [5, 5.41) is 13.7. The van der Waals surface area contributed by atoms with E-state index < -0.39 is 11.6 Å². The zero-order valence-electron chi connectivity index (χ0n) is 14.3. The second-order valence-electron chi connectivity index (χ2n) is 7.19. The highest BCUT2D eigenvalue weighted by atomic mass is 35.5. The van der Waals surface area contributed by atoms with Crippen LogP contribution in [-0.2, 0) is 5.41 Å². The van der Waals surface area contributed by atoms with E-state index in [0.29, 0.717) is 35.8 Å². The quantitative estimate of drug-likeness (QED) is 0.552. The minimum atomic E-state index is -0.687. The number of aliphatic hydroxyl groups excluding tert-OH is 1. The average Bonchev–Trinajstić information content (AvgIpc) is 3.13. The molecule has 26 heavy (non-hydrogen) atoms. The number of halogens is 2. The van der Waals surface area contributed by atoms with Gasteiger partial charge >= 0.3 is 0 Å². The number of carbonyl (C=O) groups excluding carboxylic acids is 1. The summed E-state index contributed by atoms with van der Waals surface area (Å²) in [6.45, 7) is 1.93. The maximum Gasteiger partial charge on any atom is 0.164 e. The number of nitrogen functional groups attached to an aromatic ring is 1. The molecule has 2 heterocycles. The molecule has 1 fully saturated rings. The number of fused-ring (bicyclic) bond motifs is 2. The highest BCUT2D eigenvalue weighted by Gasteiger charge is 2.47. The molecule has 0 unspecified atom stereocenters. The van der Waals surface area contributed by atoms with Gasteiger partial charge in [0.15, 0.2) is 5.78 Å². The zero-order valence-corrected chi connectivity index (χ0v) is 15.0.